The lowest BCUT2D eigenvalue weighted by Crippen LogP contribution is -2.15. The molecule has 0 saturated heterocycles. The minimum atomic E-state index is -0.721. The third-order valence-electron chi connectivity index (χ3n) is 1.93. The molecular weight excluding hydrogens is 265 g/mol. The molecule has 0 saturated carbocycles. The molecule has 5 nitrogen and oxygen atoms in total. The largest absolute Gasteiger partial charge is 0.317 e. The summed E-state index contributed by atoms with van der Waals surface area (Å²) in [4.78, 5) is 0. The van der Waals surface area contributed by atoms with Crippen LogP contribution in [0.3, 0.4) is 0 Å². The van der Waals surface area contributed by atoms with E-state index in [2.05, 4.69) is 36.6 Å². The highest BCUT2D eigenvalue weighted by Crippen LogP contribution is 2.22. The van der Waals surface area contributed by atoms with Crippen LogP contribution in [0.5, 0.6) is 0 Å². The highest BCUT2D eigenvalue weighted by molar-refractivity contribution is 9.10. The Morgan fingerprint density at radius 1 is 1.47 bits per heavy atom. The van der Waals surface area contributed by atoms with Gasteiger partial charge in [-0.25, -0.2) is 4.39 Å². The molecule has 3 N–H and O–H groups in total. The lowest BCUT2D eigenvalue weighted by molar-refractivity contribution is 0.593. The molecule has 1 heterocycles. The average molecular weight is 272 g/mol. The summed E-state index contributed by atoms with van der Waals surface area (Å²) < 4.78 is 14.2. The van der Waals surface area contributed by atoms with Crippen molar-refractivity contribution in [2.24, 2.45) is 5.73 Å². The number of tetrazole rings is 1. The van der Waals surface area contributed by atoms with Crippen LogP contribution in [0.1, 0.15) is 17.4 Å². The Morgan fingerprint density at radius 3 is 2.93 bits per heavy atom. The highest BCUT2D eigenvalue weighted by atomic mass is 79.9. The first-order valence-electron chi connectivity index (χ1n) is 4.12. The normalized spacial score (nSPS) is 12.7. The molecule has 0 radical (unpaired) electrons. The molecule has 2 aromatic rings. The second-order valence-corrected chi connectivity index (χ2v) is 3.83. The van der Waals surface area contributed by atoms with E-state index >= 15 is 0 Å². The second-order valence-electron chi connectivity index (χ2n) is 2.91. The quantitative estimate of drug-likeness (QED) is 0.859. The lowest BCUT2D eigenvalue weighted by Gasteiger charge is -2.08. The molecule has 0 amide bonds. The van der Waals surface area contributed by atoms with E-state index in [1.807, 2.05) is 0 Å². The van der Waals surface area contributed by atoms with Crippen molar-refractivity contribution in [3.63, 3.8) is 0 Å². The molecule has 2 rings (SSSR count). The molecule has 1 aromatic heterocycles. The standard InChI is InChI=1S/C8H7BrFN5/c9-4-1-2-6(10)5(3-4)7(11)8-12-14-15-13-8/h1-3,7H,11H2,(H,12,13,14,15). The van der Waals surface area contributed by atoms with E-state index in [1.165, 1.54) is 6.07 Å². The van der Waals surface area contributed by atoms with Crippen LogP contribution >= 0.6 is 15.9 Å². The third-order valence-corrected chi connectivity index (χ3v) is 2.43. The summed E-state index contributed by atoms with van der Waals surface area (Å²) in [6.45, 7) is 0. The van der Waals surface area contributed by atoms with Crippen molar-refractivity contribution in [3.8, 4) is 0 Å². The Hall–Kier alpha value is -1.34. The van der Waals surface area contributed by atoms with Crippen LogP contribution < -0.4 is 5.73 Å². The zero-order valence-electron chi connectivity index (χ0n) is 7.48. The molecule has 0 aliphatic heterocycles. The molecule has 0 bridgehead atoms. The van der Waals surface area contributed by atoms with Gasteiger partial charge in [-0.15, -0.1) is 10.2 Å². The first-order valence-corrected chi connectivity index (χ1v) is 4.91. The van der Waals surface area contributed by atoms with Gasteiger partial charge in [-0.2, -0.15) is 5.21 Å². The van der Waals surface area contributed by atoms with E-state index in [9.17, 15) is 4.39 Å². The zero-order valence-corrected chi connectivity index (χ0v) is 9.07. The summed E-state index contributed by atoms with van der Waals surface area (Å²) in [5.74, 6) is -0.137. The van der Waals surface area contributed by atoms with E-state index in [4.69, 9.17) is 5.73 Å². The first kappa shape index (κ1) is 10.2. The third kappa shape index (κ3) is 2.02. The monoisotopic (exact) mass is 271 g/mol. The van der Waals surface area contributed by atoms with Gasteiger partial charge in [0.05, 0.1) is 6.04 Å². The highest BCUT2D eigenvalue weighted by Gasteiger charge is 2.17. The van der Waals surface area contributed by atoms with Gasteiger partial charge in [-0.1, -0.05) is 21.1 Å². The number of hydrogen-bond donors (Lipinski definition) is 2. The molecular formula is C8H7BrFN5. The van der Waals surface area contributed by atoms with Gasteiger partial charge in [0.2, 0.25) is 0 Å². The summed E-state index contributed by atoms with van der Waals surface area (Å²) >= 11 is 3.24. The molecule has 1 aromatic carbocycles. The Balaban J connectivity index is 2.41. The van der Waals surface area contributed by atoms with Crippen molar-refractivity contribution in [1.82, 2.24) is 20.6 Å². The summed E-state index contributed by atoms with van der Waals surface area (Å²) in [6.07, 6.45) is 0. The van der Waals surface area contributed by atoms with Crippen molar-refractivity contribution < 1.29 is 4.39 Å². The Labute approximate surface area is 93.0 Å². The van der Waals surface area contributed by atoms with Gasteiger partial charge in [0.1, 0.15) is 5.82 Å². The fourth-order valence-corrected chi connectivity index (χ4v) is 1.57. The molecule has 0 spiro atoms. The maximum atomic E-state index is 13.4. The van der Waals surface area contributed by atoms with Crippen molar-refractivity contribution >= 4 is 15.9 Å². The Bertz CT molecular complexity index is 458. The van der Waals surface area contributed by atoms with Crippen molar-refractivity contribution in [2.75, 3.05) is 0 Å². The smallest absolute Gasteiger partial charge is 0.195 e. The first-order chi connectivity index (χ1) is 7.18. The van der Waals surface area contributed by atoms with Crippen molar-refractivity contribution in [2.45, 2.75) is 6.04 Å². The SMILES string of the molecule is NC(c1nn[nH]n1)c1cc(Br)ccc1F. The van der Waals surface area contributed by atoms with E-state index < -0.39 is 11.9 Å². The van der Waals surface area contributed by atoms with Gasteiger partial charge in [0, 0.05) is 10.0 Å². The zero-order chi connectivity index (χ0) is 10.8. The maximum Gasteiger partial charge on any atom is 0.195 e. The topological polar surface area (TPSA) is 80.5 Å². The van der Waals surface area contributed by atoms with Gasteiger partial charge in [-0.05, 0) is 18.2 Å². The maximum absolute atomic E-state index is 13.4. The van der Waals surface area contributed by atoms with Crippen LogP contribution in [0, 0.1) is 5.82 Å². The predicted molar refractivity (Wildman–Crippen MR) is 54.3 cm³/mol. The average Bonchev–Trinajstić information content (AvgIpc) is 2.74. The number of halogens is 2. The van der Waals surface area contributed by atoms with Gasteiger partial charge in [-0.3, -0.25) is 0 Å². The van der Waals surface area contributed by atoms with Crippen molar-refractivity contribution in [1.29, 1.82) is 0 Å². The molecule has 1 unspecified atom stereocenters. The summed E-state index contributed by atoms with van der Waals surface area (Å²) in [5.41, 5.74) is 6.11. The van der Waals surface area contributed by atoms with E-state index in [-0.39, 0.29) is 5.82 Å². The van der Waals surface area contributed by atoms with E-state index in [0.717, 1.165) is 4.47 Å². The van der Waals surface area contributed by atoms with E-state index in [1.54, 1.807) is 12.1 Å². The molecule has 7 heteroatoms. The fourth-order valence-electron chi connectivity index (χ4n) is 1.19. The summed E-state index contributed by atoms with van der Waals surface area (Å²) in [5, 5.41) is 13.1. The molecule has 0 aliphatic rings. The van der Waals surface area contributed by atoms with Gasteiger partial charge < -0.3 is 5.73 Å². The van der Waals surface area contributed by atoms with Crippen LogP contribution in [0.2, 0.25) is 0 Å². The Kier molecular flexibility index (Phi) is 2.74. The van der Waals surface area contributed by atoms with Crippen LogP contribution in [-0.2, 0) is 0 Å². The van der Waals surface area contributed by atoms with Gasteiger partial charge >= 0.3 is 0 Å². The molecule has 0 aliphatic carbocycles. The number of aromatic nitrogens is 4. The minimum absolute atomic E-state index is 0.256. The summed E-state index contributed by atoms with van der Waals surface area (Å²) in [7, 11) is 0. The lowest BCUT2D eigenvalue weighted by atomic mass is 10.1. The van der Waals surface area contributed by atoms with E-state index in [0.29, 0.717) is 5.56 Å². The summed E-state index contributed by atoms with van der Waals surface area (Å²) in [6, 6.07) is 3.80. The van der Waals surface area contributed by atoms with Crippen LogP contribution in [0.25, 0.3) is 0 Å². The number of aromatic amines is 1. The number of nitrogens with zero attached hydrogens (tertiary/aromatic N) is 3. The predicted octanol–water partition coefficient (Wildman–Crippen LogP) is 1.15. The number of benzene rings is 1. The number of nitrogens with one attached hydrogen (secondary N) is 1. The number of H-pyrrole nitrogens is 1. The van der Waals surface area contributed by atoms with Crippen molar-refractivity contribution in [3.05, 3.63) is 39.9 Å². The Morgan fingerprint density at radius 2 is 2.27 bits per heavy atom. The number of hydrogen-bond acceptors (Lipinski definition) is 4. The second kappa shape index (κ2) is 4.03. The molecule has 15 heavy (non-hydrogen) atoms. The van der Waals surface area contributed by atoms with Crippen LogP contribution in [-0.4, -0.2) is 20.6 Å². The number of nitrogens with two attached hydrogens (primary N) is 1. The minimum Gasteiger partial charge on any atom is -0.317 e. The molecule has 78 valence electrons. The van der Waals surface area contributed by atoms with Crippen LogP contribution in [0.4, 0.5) is 4.39 Å². The molecule has 1 atom stereocenters. The molecule has 0 fully saturated rings. The van der Waals surface area contributed by atoms with Gasteiger partial charge in [0.25, 0.3) is 0 Å². The number of rotatable bonds is 2. The van der Waals surface area contributed by atoms with Gasteiger partial charge in [0.15, 0.2) is 5.82 Å². The van der Waals surface area contributed by atoms with Crippen LogP contribution in [0.15, 0.2) is 22.7 Å². The fraction of sp³-hybridized carbons (Fsp3) is 0.125.